The largest absolute Gasteiger partial charge is 0.492 e. The summed E-state index contributed by atoms with van der Waals surface area (Å²) in [7, 11) is 3.21. The molecular formula is C16H23N3O4. The molecule has 126 valence electrons. The maximum absolute atomic E-state index is 12.2. The van der Waals surface area contributed by atoms with Gasteiger partial charge in [0.25, 0.3) is 0 Å². The van der Waals surface area contributed by atoms with Crippen molar-refractivity contribution >= 4 is 17.7 Å². The molecule has 1 heterocycles. The third-order valence-corrected chi connectivity index (χ3v) is 3.79. The predicted octanol–water partition coefficient (Wildman–Crippen LogP) is 1.45. The van der Waals surface area contributed by atoms with E-state index in [1.54, 1.807) is 12.1 Å². The van der Waals surface area contributed by atoms with E-state index in [-0.39, 0.29) is 24.1 Å². The van der Waals surface area contributed by atoms with Crippen molar-refractivity contribution in [1.82, 2.24) is 10.2 Å². The number of ether oxygens (including phenoxy) is 2. The summed E-state index contributed by atoms with van der Waals surface area (Å²) in [5.41, 5.74) is 0.614. The topological polar surface area (TPSA) is 79.9 Å². The number of likely N-dealkylation sites (tertiary alicyclic amines) is 1. The molecule has 0 aliphatic carbocycles. The Kier molecular flexibility index (Phi) is 5.81. The SMILES string of the molecule is CCOc1ccccc1NC(=O)N[C@H]1C[C@@H](C(=O)OC)N(C)C1. The lowest BCUT2D eigenvalue weighted by atomic mass is 10.2. The number of nitrogens with one attached hydrogen (secondary N) is 2. The van der Waals surface area contributed by atoms with Crippen molar-refractivity contribution in [2.45, 2.75) is 25.4 Å². The number of methoxy groups -OCH3 is 1. The van der Waals surface area contributed by atoms with Crippen LogP contribution in [-0.4, -0.2) is 56.3 Å². The van der Waals surface area contributed by atoms with E-state index in [0.717, 1.165) is 0 Å². The van der Waals surface area contributed by atoms with Gasteiger partial charge in [-0.2, -0.15) is 0 Å². The molecular weight excluding hydrogens is 298 g/mol. The first-order valence-corrected chi connectivity index (χ1v) is 7.62. The zero-order chi connectivity index (χ0) is 16.8. The van der Waals surface area contributed by atoms with Crippen molar-refractivity contribution in [2.24, 2.45) is 0 Å². The van der Waals surface area contributed by atoms with E-state index in [1.165, 1.54) is 7.11 Å². The average molecular weight is 321 g/mol. The second kappa shape index (κ2) is 7.82. The average Bonchev–Trinajstić information content (AvgIpc) is 2.89. The lowest BCUT2D eigenvalue weighted by Crippen LogP contribution is -2.39. The fourth-order valence-electron chi connectivity index (χ4n) is 2.71. The Morgan fingerprint density at radius 2 is 2.09 bits per heavy atom. The molecule has 1 aromatic carbocycles. The Morgan fingerprint density at radius 3 is 2.78 bits per heavy atom. The van der Waals surface area contributed by atoms with Gasteiger partial charge < -0.3 is 20.1 Å². The van der Waals surface area contributed by atoms with Crippen LogP contribution < -0.4 is 15.4 Å². The number of hydrogen-bond donors (Lipinski definition) is 2. The van der Waals surface area contributed by atoms with Crippen molar-refractivity contribution < 1.29 is 19.1 Å². The van der Waals surface area contributed by atoms with Crippen LogP contribution in [0.25, 0.3) is 0 Å². The minimum Gasteiger partial charge on any atom is -0.492 e. The summed E-state index contributed by atoms with van der Waals surface area (Å²) < 4.78 is 10.2. The minimum absolute atomic E-state index is 0.108. The van der Waals surface area contributed by atoms with Gasteiger partial charge in [-0.05, 0) is 32.5 Å². The zero-order valence-electron chi connectivity index (χ0n) is 13.7. The third-order valence-electron chi connectivity index (χ3n) is 3.79. The first-order chi connectivity index (χ1) is 11.0. The summed E-state index contributed by atoms with van der Waals surface area (Å²) in [4.78, 5) is 25.7. The molecule has 2 N–H and O–H groups in total. The smallest absolute Gasteiger partial charge is 0.323 e. The number of amides is 2. The molecule has 1 aromatic rings. The van der Waals surface area contributed by atoms with E-state index >= 15 is 0 Å². The Balaban J connectivity index is 1.92. The molecule has 1 saturated heterocycles. The van der Waals surface area contributed by atoms with Crippen LogP contribution in [0.2, 0.25) is 0 Å². The summed E-state index contributed by atoms with van der Waals surface area (Å²) in [6, 6.07) is 6.51. The summed E-state index contributed by atoms with van der Waals surface area (Å²) >= 11 is 0. The molecule has 0 saturated carbocycles. The standard InChI is InChI=1S/C16H23N3O4/c1-4-23-14-8-6-5-7-12(14)18-16(21)17-11-9-13(15(20)22-3)19(2)10-11/h5-8,11,13H,4,9-10H2,1-3H3,(H2,17,18,21)/t11-,13-/m0/s1. The molecule has 2 rings (SSSR count). The summed E-state index contributed by atoms with van der Waals surface area (Å²) in [6.45, 7) is 3.01. The van der Waals surface area contributed by atoms with Crippen molar-refractivity contribution in [3.05, 3.63) is 24.3 Å². The second-order valence-corrected chi connectivity index (χ2v) is 5.44. The molecule has 1 aliphatic rings. The van der Waals surface area contributed by atoms with Gasteiger partial charge in [-0.1, -0.05) is 12.1 Å². The van der Waals surface area contributed by atoms with E-state index < -0.39 is 0 Å². The highest BCUT2D eigenvalue weighted by Crippen LogP contribution is 2.24. The summed E-state index contributed by atoms with van der Waals surface area (Å²) in [6.07, 6.45) is 0.531. The molecule has 0 bridgehead atoms. The number of esters is 1. The van der Waals surface area contributed by atoms with Crippen molar-refractivity contribution in [2.75, 3.05) is 32.6 Å². The molecule has 2 amide bonds. The van der Waals surface area contributed by atoms with E-state index in [0.29, 0.717) is 31.0 Å². The molecule has 7 heteroatoms. The molecule has 0 spiro atoms. The maximum Gasteiger partial charge on any atom is 0.323 e. The first kappa shape index (κ1) is 17.1. The Bertz CT molecular complexity index is 564. The van der Waals surface area contributed by atoms with E-state index in [9.17, 15) is 9.59 Å². The molecule has 23 heavy (non-hydrogen) atoms. The fourth-order valence-corrected chi connectivity index (χ4v) is 2.71. The van der Waals surface area contributed by atoms with Gasteiger partial charge in [-0.15, -0.1) is 0 Å². The summed E-state index contributed by atoms with van der Waals surface area (Å²) in [5, 5.41) is 5.67. The first-order valence-electron chi connectivity index (χ1n) is 7.62. The number of para-hydroxylation sites is 2. The Hall–Kier alpha value is -2.28. The van der Waals surface area contributed by atoms with Gasteiger partial charge in [0.1, 0.15) is 11.8 Å². The van der Waals surface area contributed by atoms with Gasteiger partial charge in [-0.3, -0.25) is 9.69 Å². The lowest BCUT2D eigenvalue weighted by Gasteiger charge is -2.15. The number of carbonyl (C=O) groups is 2. The van der Waals surface area contributed by atoms with Crippen molar-refractivity contribution in [3.8, 4) is 5.75 Å². The van der Waals surface area contributed by atoms with Crippen LogP contribution in [0.5, 0.6) is 5.75 Å². The minimum atomic E-state index is -0.319. The number of hydrogen-bond acceptors (Lipinski definition) is 5. The highest BCUT2D eigenvalue weighted by Gasteiger charge is 2.35. The van der Waals surface area contributed by atoms with Crippen molar-refractivity contribution in [3.63, 3.8) is 0 Å². The molecule has 7 nitrogen and oxygen atoms in total. The van der Waals surface area contributed by atoms with Gasteiger partial charge >= 0.3 is 12.0 Å². The number of benzene rings is 1. The van der Waals surface area contributed by atoms with Gasteiger partial charge in [0.15, 0.2) is 0 Å². The van der Waals surface area contributed by atoms with Gasteiger partial charge in [0.2, 0.25) is 0 Å². The van der Waals surface area contributed by atoms with Gasteiger partial charge in [0, 0.05) is 12.6 Å². The van der Waals surface area contributed by atoms with Crippen LogP contribution in [0.4, 0.5) is 10.5 Å². The quantitative estimate of drug-likeness (QED) is 0.803. The molecule has 2 atom stereocenters. The normalized spacial score (nSPS) is 20.8. The maximum atomic E-state index is 12.2. The van der Waals surface area contributed by atoms with Gasteiger partial charge in [0.05, 0.1) is 19.4 Å². The third kappa shape index (κ3) is 4.35. The fraction of sp³-hybridized carbons (Fsp3) is 0.500. The van der Waals surface area contributed by atoms with E-state index in [2.05, 4.69) is 10.6 Å². The number of carbonyl (C=O) groups excluding carboxylic acids is 2. The van der Waals surface area contributed by atoms with Crippen LogP contribution in [-0.2, 0) is 9.53 Å². The number of likely N-dealkylation sites (N-methyl/N-ethyl adjacent to an activating group) is 1. The van der Waals surface area contributed by atoms with Gasteiger partial charge in [-0.25, -0.2) is 4.79 Å². The zero-order valence-corrected chi connectivity index (χ0v) is 13.7. The van der Waals surface area contributed by atoms with Crippen LogP contribution in [0.3, 0.4) is 0 Å². The Labute approximate surface area is 135 Å². The monoisotopic (exact) mass is 321 g/mol. The molecule has 0 radical (unpaired) electrons. The van der Waals surface area contributed by atoms with Crippen LogP contribution in [0, 0.1) is 0 Å². The Morgan fingerprint density at radius 1 is 1.35 bits per heavy atom. The highest BCUT2D eigenvalue weighted by molar-refractivity contribution is 5.91. The van der Waals surface area contributed by atoms with Crippen LogP contribution in [0.1, 0.15) is 13.3 Å². The highest BCUT2D eigenvalue weighted by atomic mass is 16.5. The number of anilines is 1. The molecule has 1 fully saturated rings. The molecule has 1 aliphatic heterocycles. The lowest BCUT2D eigenvalue weighted by molar-refractivity contribution is -0.145. The second-order valence-electron chi connectivity index (χ2n) is 5.44. The number of nitrogens with zero attached hydrogens (tertiary/aromatic N) is 1. The van der Waals surface area contributed by atoms with E-state index in [1.807, 2.05) is 31.0 Å². The summed E-state index contributed by atoms with van der Waals surface area (Å²) in [5.74, 6) is 0.347. The molecule has 0 aromatic heterocycles. The number of urea groups is 1. The van der Waals surface area contributed by atoms with Crippen LogP contribution >= 0.6 is 0 Å². The van der Waals surface area contributed by atoms with E-state index in [4.69, 9.17) is 9.47 Å². The van der Waals surface area contributed by atoms with Crippen LogP contribution in [0.15, 0.2) is 24.3 Å². The molecule has 0 unspecified atom stereocenters. The van der Waals surface area contributed by atoms with Crippen molar-refractivity contribution in [1.29, 1.82) is 0 Å². The predicted molar refractivity (Wildman–Crippen MR) is 86.6 cm³/mol. The number of rotatable bonds is 5.